The minimum Gasteiger partial charge on any atom is -0.311 e. The molecule has 4 nitrogen and oxygen atoms in total. The molecule has 1 aliphatic heterocycles. The third-order valence-electron chi connectivity index (χ3n) is 5.51. The van der Waals surface area contributed by atoms with Gasteiger partial charge in [-0.05, 0) is 51.1 Å². The second-order valence-electron chi connectivity index (χ2n) is 7.32. The van der Waals surface area contributed by atoms with Crippen LogP contribution in [0.2, 0.25) is 0 Å². The number of nitrogens with zero attached hydrogens (tertiary/aromatic N) is 3. The van der Waals surface area contributed by atoms with Crippen molar-refractivity contribution in [2.45, 2.75) is 26.2 Å². The molecule has 0 unspecified atom stereocenters. The first kappa shape index (κ1) is 18.4. The van der Waals surface area contributed by atoms with Crippen LogP contribution in [0.4, 0.5) is 10.1 Å². The summed E-state index contributed by atoms with van der Waals surface area (Å²) in [6.45, 7) is 11.2. The Balaban J connectivity index is 1.83. The monoisotopic (exact) mass is 375 g/mol. The Hall–Kier alpha value is -2.97. The van der Waals surface area contributed by atoms with Gasteiger partial charge in [-0.3, -0.25) is 9.69 Å². The Labute approximate surface area is 164 Å². The van der Waals surface area contributed by atoms with Crippen LogP contribution >= 0.6 is 0 Å². The van der Waals surface area contributed by atoms with Gasteiger partial charge in [-0.2, -0.15) is 0 Å². The summed E-state index contributed by atoms with van der Waals surface area (Å²) < 4.78 is 16.6. The van der Waals surface area contributed by atoms with Gasteiger partial charge in [0, 0.05) is 22.3 Å². The minimum absolute atomic E-state index is 0.0338. The van der Waals surface area contributed by atoms with Crippen LogP contribution in [0.3, 0.4) is 0 Å². The highest BCUT2D eigenvalue weighted by atomic mass is 19.1. The third-order valence-corrected chi connectivity index (χ3v) is 5.51. The van der Waals surface area contributed by atoms with Gasteiger partial charge >= 0.3 is 0 Å². The molecule has 0 bridgehead atoms. The molecule has 0 amide bonds. The van der Waals surface area contributed by atoms with Crippen LogP contribution in [0, 0.1) is 19.3 Å². The van der Waals surface area contributed by atoms with E-state index in [0.29, 0.717) is 28.7 Å². The van der Waals surface area contributed by atoms with E-state index >= 15 is 0 Å². The number of fused-ring (bicyclic) bond motifs is 1. The van der Waals surface area contributed by atoms with Crippen molar-refractivity contribution in [2.24, 2.45) is 0 Å². The number of piperidine rings is 1. The standard InChI is InChI=1S/C23H22FN3O/c1-16-22(21(28)15-26-13-4-3-5-14-26)19-7-6-8-20(24)23(19)27(16)18-11-9-17(25-2)10-12-18/h6-12H,3-5,13-15H2,1H3. The van der Waals surface area contributed by atoms with Crippen molar-refractivity contribution in [2.75, 3.05) is 19.6 Å². The zero-order chi connectivity index (χ0) is 19.7. The molecular weight excluding hydrogens is 353 g/mol. The molecule has 1 aliphatic rings. The quantitative estimate of drug-likeness (QED) is 0.458. The number of halogens is 1. The van der Waals surface area contributed by atoms with Gasteiger partial charge in [0.1, 0.15) is 5.82 Å². The Kier molecular flexibility index (Phi) is 4.97. The van der Waals surface area contributed by atoms with Gasteiger partial charge in [0.15, 0.2) is 11.5 Å². The SMILES string of the molecule is [C-]#[N+]c1ccc(-n2c(C)c(C(=O)CN3CCCCC3)c3cccc(F)c32)cc1. The Morgan fingerprint density at radius 1 is 1.11 bits per heavy atom. The lowest BCUT2D eigenvalue weighted by molar-refractivity contribution is 0.0916. The first-order valence-corrected chi connectivity index (χ1v) is 9.63. The topological polar surface area (TPSA) is 29.6 Å². The lowest BCUT2D eigenvalue weighted by atomic mass is 10.0. The number of hydrogen-bond donors (Lipinski definition) is 0. The van der Waals surface area contributed by atoms with E-state index in [1.54, 1.807) is 34.9 Å². The Bertz CT molecular complexity index is 1070. The number of aromatic nitrogens is 1. The molecular formula is C23H22FN3O. The van der Waals surface area contributed by atoms with Crippen molar-refractivity contribution in [3.05, 3.63) is 71.0 Å². The molecule has 1 saturated heterocycles. The van der Waals surface area contributed by atoms with Gasteiger partial charge in [0.25, 0.3) is 0 Å². The molecule has 142 valence electrons. The highest BCUT2D eigenvalue weighted by molar-refractivity contribution is 6.11. The molecule has 1 fully saturated rings. The molecule has 28 heavy (non-hydrogen) atoms. The van der Waals surface area contributed by atoms with Crippen LogP contribution in [0.25, 0.3) is 21.4 Å². The van der Waals surface area contributed by atoms with E-state index in [1.165, 1.54) is 12.5 Å². The van der Waals surface area contributed by atoms with Crippen LogP contribution in [-0.2, 0) is 0 Å². The maximum absolute atomic E-state index is 14.8. The van der Waals surface area contributed by atoms with E-state index in [-0.39, 0.29) is 11.6 Å². The van der Waals surface area contributed by atoms with Crippen LogP contribution < -0.4 is 0 Å². The van der Waals surface area contributed by atoms with E-state index in [2.05, 4.69) is 9.74 Å². The molecule has 2 aromatic carbocycles. The molecule has 3 aromatic rings. The average Bonchev–Trinajstić information content (AvgIpc) is 3.02. The van der Waals surface area contributed by atoms with Crippen LogP contribution in [0.1, 0.15) is 35.3 Å². The van der Waals surface area contributed by atoms with Crippen molar-refractivity contribution in [1.29, 1.82) is 0 Å². The fourth-order valence-electron chi connectivity index (χ4n) is 4.17. The Morgan fingerprint density at radius 2 is 1.82 bits per heavy atom. The van der Waals surface area contributed by atoms with Gasteiger partial charge in [0.05, 0.1) is 18.6 Å². The lowest BCUT2D eigenvalue weighted by Crippen LogP contribution is -2.34. The summed E-state index contributed by atoms with van der Waals surface area (Å²) >= 11 is 0. The minimum atomic E-state index is -0.355. The first-order valence-electron chi connectivity index (χ1n) is 9.63. The summed E-state index contributed by atoms with van der Waals surface area (Å²) in [5, 5.41) is 0.647. The third kappa shape index (κ3) is 3.21. The van der Waals surface area contributed by atoms with Crippen molar-refractivity contribution in [1.82, 2.24) is 9.47 Å². The molecule has 0 N–H and O–H groups in total. The van der Waals surface area contributed by atoms with Gasteiger partial charge in [0.2, 0.25) is 0 Å². The van der Waals surface area contributed by atoms with Gasteiger partial charge in [-0.1, -0.05) is 30.7 Å². The Morgan fingerprint density at radius 3 is 2.50 bits per heavy atom. The predicted octanol–water partition coefficient (Wildman–Crippen LogP) is 5.30. The second-order valence-corrected chi connectivity index (χ2v) is 7.32. The summed E-state index contributed by atoms with van der Waals surface area (Å²) in [5.41, 5.74) is 3.02. The summed E-state index contributed by atoms with van der Waals surface area (Å²) in [6.07, 6.45) is 3.46. The number of carbonyl (C=O) groups is 1. The molecule has 5 heteroatoms. The van der Waals surface area contributed by atoms with Crippen molar-refractivity contribution in [3.8, 4) is 5.69 Å². The highest BCUT2D eigenvalue weighted by Crippen LogP contribution is 2.32. The van der Waals surface area contributed by atoms with Gasteiger partial charge in [-0.25, -0.2) is 9.24 Å². The largest absolute Gasteiger partial charge is 0.311 e. The highest BCUT2D eigenvalue weighted by Gasteiger charge is 2.24. The normalized spacial score (nSPS) is 14.9. The van der Waals surface area contributed by atoms with E-state index < -0.39 is 0 Å². The van der Waals surface area contributed by atoms with Crippen molar-refractivity contribution < 1.29 is 9.18 Å². The average molecular weight is 375 g/mol. The predicted molar refractivity (Wildman–Crippen MR) is 109 cm³/mol. The summed E-state index contributed by atoms with van der Waals surface area (Å²) in [4.78, 5) is 18.8. The smallest absolute Gasteiger partial charge is 0.187 e. The fourth-order valence-corrected chi connectivity index (χ4v) is 4.17. The van der Waals surface area contributed by atoms with Crippen molar-refractivity contribution >= 4 is 22.4 Å². The summed E-state index contributed by atoms with van der Waals surface area (Å²) in [5.74, 6) is -0.321. The number of benzene rings is 2. The molecule has 0 saturated carbocycles. The number of para-hydroxylation sites is 1. The van der Waals surface area contributed by atoms with E-state index in [0.717, 1.165) is 37.3 Å². The molecule has 4 rings (SSSR count). The van der Waals surface area contributed by atoms with E-state index in [4.69, 9.17) is 6.57 Å². The zero-order valence-electron chi connectivity index (χ0n) is 15.9. The van der Waals surface area contributed by atoms with E-state index in [1.807, 2.05) is 13.0 Å². The molecule has 2 heterocycles. The van der Waals surface area contributed by atoms with Crippen LogP contribution in [-0.4, -0.2) is 34.9 Å². The number of ketones is 1. The van der Waals surface area contributed by atoms with Crippen LogP contribution in [0.5, 0.6) is 0 Å². The molecule has 0 atom stereocenters. The summed E-state index contributed by atoms with van der Waals surface area (Å²) in [7, 11) is 0. The van der Waals surface area contributed by atoms with Crippen LogP contribution in [0.15, 0.2) is 42.5 Å². The molecule has 0 spiro atoms. The number of rotatable bonds is 4. The van der Waals surface area contributed by atoms with E-state index in [9.17, 15) is 9.18 Å². The lowest BCUT2D eigenvalue weighted by Gasteiger charge is -2.25. The van der Waals surface area contributed by atoms with Crippen molar-refractivity contribution in [3.63, 3.8) is 0 Å². The number of likely N-dealkylation sites (tertiary alicyclic amines) is 1. The summed E-state index contributed by atoms with van der Waals surface area (Å²) in [6, 6.07) is 11.9. The number of hydrogen-bond acceptors (Lipinski definition) is 2. The zero-order valence-corrected chi connectivity index (χ0v) is 15.9. The molecule has 0 radical (unpaired) electrons. The maximum Gasteiger partial charge on any atom is 0.187 e. The van der Waals surface area contributed by atoms with Gasteiger partial charge in [-0.15, -0.1) is 0 Å². The maximum atomic E-state index is 14.8. The second kappa shape index (κ2) is 7.57. The molecule has 1 aromatic heterocycles. The number of carbonyl (C=O) groups excluding carboxylic acids is 1. The molecule has 0 aliphatic carbocycles. The first-order chi connectivity index (χ1) is 13.6. The van der Waals surface area contributed by atoms with Gasteiger partial charge < -0.3 is 4.57 Å². The fraction of sp³-hybridized carbons (Fsp3) is 0.304. The number of Topliss-reactive ketones (excluding diaryl/α,β-unsaturated/α-hetero) is 1.